The number of nitrogens with one attached hydrogen (secondary N) is 2. The highest BCUT2D eigenvalue weighted by Gasteiger charge is 2.42. The van der Waals surface area contributed by atoms with Gasteiger partial charge in [-0.15, -0.1) is 0 Å². The molecular weight excluding hydrogens is 307 g/mol. The maximum atomic E-state index is 13.5. The normalized spacial score (nSPS) is 18.1. The number of carbonyl (C=O) groups is 1. The quantitative estimate of drug-likeness (QED) is 0.904. The molecule has 0 saturated carbocycles. The first-order valence-electron chi connectivity index (χ1n) is 8.31. The maximum Gasteiger partial charge on any atom is 0.248 e. The molecule has 0 radical (unpaired) electrons. The third-order valence-electron chi connectivity index (χ3n) is 4.83. The van der Waals surface area contributed by atoms with Crippen LogP contribution < -0.4 is 10.6 Å². The molecule has 1 aliphatic heterocycles. The maximum absolute atomic E-state index is 13.5. The molecular formula is C18H23FN4O. The molecule has 2 heterocycles. The zero-order valence-corrected chi connectivity index (χ0v) is 14.1. The summed E-state index contributed by atoms with van der Waals surface area (Å²) < 4.78 is 15.2. The first kappa shape index (κ1) is 16.6. The molecule has 1 aromatic carbocycles. The third kappa shape index (κ3) is 3.06. The molecule has 3 rings (SSSR count). The van der Waals surface area contributed by atoms with E-state index in [9.17, 15) is 9.18 Å². The van der Waals surface area contributed by atoms with Crippen molar-refractivity contribution < 1.29 is 9.18 Å². The summed E-state index contributed by atoms with van der Waals surface area (Å²) in [4.78, 5) is 13.1. The van der Waals surface area contributed by atoms with Crippen LogP contribution in [-0.2, 0) is 10.3 Å². The largest absolute Gasteiger partial charge is 0.347 e. The van der Waals surface area contributed by atoms with E-state index in [-0.39, 0.29) is 17.8 Å². The molecule has 128 valence electrons. The zero-order chi connectivity index (χ0) is 17.2. The molecule has 6 heteroatoms. The highest BCUT2D eigenvalue weighted by Crippen LogP contribution is 2.28. The minimum Gasteiger partial charge on any atom is -0.347 e. The van der Waals surface area contributed by atoms with Gasteiger partial charge in [0.05, 0.1) is 6.04 Å². The number of carbonyl (C=O) groups excluding carboxylic acids is 1. The number of hydrogen-bond acceptors (Lipinski definition) is 3. The Morgan fingerprint density at radius 1 is 1.42 bits per heavy atom. The summed E-state index contributed by atoms with van der Waals surface area (Å²) in [6.45, 7) is 5.20. The SMILES string of the molecule is Cc1cc(C(C)NC(=O)C2(n3cccn3)CCNCC2)ccc1F. The van der Waals surface area contributed by atoms with Crippen molar-refractivity contribution in [2.45, 2.75) is 38.3 Å². The van der Waals surface area contributed by atoms with Crippen molar-refractivity contribution in [2.75, 3.05) is 13.1 Å². The number of rotatable bonds is 4. The standard InChI is InChI=1S/C18H23FN4O/c1-13-12-15(4-5-16(13)19)14(2)22-17(24)18(6-9-20-10-7-18)23-11-3-8-21-23/h3-5,8,11-12,14,20H,6-7,9-10H2,1-2H3,(H,22,24). The van der Waals surface area contributed by atoms with Gasteiger partial charge in [-0.1, -0.05) is 12.1 Å². The second kappa shape index (κ2) is 6.73. The van der Waals surface area contributed by atoms with E-state index in [1.807, 2.05) is 19.2 Å². The Balaban J connectivity index is 1.82. The van der Waals surface area contributed by atoms with Crippen molar-refractivity contribution in [3.05, 3.63) is 53.6 Å². The van der Waals surface area contributed by atoms with E-state index in [1.54, 1.807) is 29.9 Å². The van der Waals surface area contributed by atoms with Crippen LogP contribution in [0.3, 0.4) is 0 Å². The Kier molecular flexibility index (Phi) is 4.66. The number of hydrogen-bond donors (Lipinski definition) is 2. The van der Waals surface area contributed by atoms with Gasteiger partial charge in [0.15, 0.2) is 0 Å². The van der Waals surface area contributed by atoms with Crippen LogP contribution in [0.4, 0.5) is 4.39 Å². The van der Waals surface area contributed by atoms with Crippen LogP contribution in [0.5, 0.6) is 0 Å². The first-order chi connectivity index (χ1) is 11.5. The Morgan fingerprint density at radius 3 is 2.79 bits per heavy atom. The Bertz CT molecular complexity index is 708. The molecule has 24 heavy (non-hydrogen) atoms. The minimum atomic E-state index is -0.669. The number of nitrogens with zero attached hydrogens (tertiary/aromatic N) is 2. The van der Waals surface area contributed by atoms with Gasteiger partial charge in [-0.05, 0) is 63.0 Å². The average Bonchev–Trinajstić information content (AvgIpc) is 3.13. The Hall–Kier alpha value is -2.21. The lowest BCUT2D eigenvalue weighted by Crippen LogP contribution is -2.55. The van der Waals surface area contributed by atoms with Gasteiger partial charge in [-0.2, -0.15) is 5.10 Å². The van der Waals surface area contributed by atoms with Gasteiger partial charge in [0.2, 0.25) is 5.91 Å². The number of amides is 1. The van der Waals surface area contributed by atoms with Crippen molar-refractivity contribution in [1.82, 2.24) is 20.4 Å². The molecule has 2 N–H and O–H groups in total. The summed E-state index contributed by atoms with van der Waals surface area (Å²) in [7, 11) is 0. The van der Waals surface area contributed by atoms with Gasteiger partial charge in [-0.3, -0.25) is 9.48 Å². The fourth-order valence-corrected chi connectivity index (χ4v) is 3.27. The molecule has 5 nitrogen and oxygen atoms in total. The zero-order valence-electron chi connectivity index (χ0n) is 14.1. The second-order valence-electron chi connectivity index (χ2n) is 6.44. The Morgan fingerprint density at radius 2 is 2.17 bits per heavy atom. The van der Waals surface area contributed by atoms with Crippen LogP contribution in [0.2, 0.25) is 0 Å². The van der Waals surface area contributed by atoms with Gasteiger partial charge in [0.1, 0.15) is 11.4 Å². The summed E-state index contributed by atoms with van der Waals surface area (Å²) in [6, 6.07) is 6.59. The predicted molar refractivity (Wildman–Crippen MR) is 90.0 cm³/mol. The minimum absolute atomic E-state index is 0.0396. The van der Waals surface area contributed by atoms with Crippen molar-refractivity contribution in [1.29, 1.82) is 0 Å². The second-order valence-corrected chi connectivity index (χ2v) is 6.44. The van der Waals surface area contributed by atoms with E-state index in [0.717, 1.165) is 18.7 Å². The molecule has 1 unspecified atom stereocenters. The van der Waals surface area contributed by atoms with Gasteiger partial charge < -0.3 is 10.6 Å². The van der Waals surface area contributed by atoms with Crippen molar-refractivity contribution in [3.63, 3.8) is 0 Å². The van der Waals surface area contributed by atoms with Crippen molar-refractivity contribution >= 4 is 5.91 Å². The van der Waals surface area contributed by atoms with Gasteiger partial charge >= 0.3 is 0 Å². The van der Waals surface area contributed by atoms with E-state index in [2.05, 4.69) is 15.7 Å². The molecule has 0 aliphatic carbocycles. The van der Waals surface area contributed by atoms with E-state index in [1.165, 1.54) is 6.07 Å². The number of aromatic nitrogens is 2. The smallest absolute Gasteiger partial charge is 0.248 e. The third-order valence-corrected chi connectivity index (χ3v) is 4.83. The van der Waals surface area contributed by atoms with Crippen LogP contribution in [0.15, 0.2) is 36.7 Å². The number of aryl methyl sites for hydroxylation is 1. The molecule has 1 aromatic heterocycles. The lowest BCUT2D eigenvalue weighted by molar-refractivity contribution is -0.132. The monoisotopic (exact) mass is 330 g/mol. The molecule has 1 saturated heterocycles. The number of piperidine rings is 1. The van der Waals surface area contributed by atoms with E-state index >= 15 is 0 Å². The fraction of sp³-hybridized carbons (Fsp3) is 0.444. The number of halogens is 1. The lowest BCUT2D eigenvalue weighted by Gasteiger charge is -2.37. The van der Waals surface area contributed by atoms with E-state index in [4.69, 9.17) is 0 Å². The van der Waals surface area contributed by atoms with Crippen LogP contribution in [0.1, 0.15) is 36.9 Å². The molecule has 2 aromatic rings. The van der Waals surface area contributed by atoms with E-state index < -0.39 is 5.54 Å². The van der Waals surface area contributed by atoms with Crippen LogP contribution in [-0.4, -0.2) is 28.8 Å². The van der Waals surface area contributed by atoms with Crippen LogP contribution in [0.25, 0.3) is 0 Å². The molecule has 1 amide bonds. The average molecular weight is 330 g/mol. The lowest BCUT2D eigenvalue weighted by atomic mass is 9.87. The summed E-state index contributed by atoms with van der Waals surface area (Å²) in [5.74, 6) is -0.272. The summed E-state index contributed by atoms with van der Waals surface area (Å²) in [5, 5.41) is 10.7. The van der Waals surface area contributed by atoms with Gasteiger partial charge in [0, 0.05) is 12.4 Å². The molecule has 1 atom stereocenters. The fourth-order valence-electron chi connectivity index (χ4n) is 3.27. The topological polar surface area (TPSA) is 59.0 Å². The van der Waals surface area contributed by atoms with Crippen LogP contribution >= 0.6 is 0 Å². The molecule has 1 aliphatic rings. The summed E-state index contributed by atoms with van der Waals surface area (Å²) >= 11 is 0. The van der Waals surface area contributed by atoms with Crippen molar-refractivity contribution in [3.8, 4) is 0 Å². The summed E-state index contributed by atoms with van der Waals surface area (Å²) in [6.07, 6.45) is 4.92. The molecule has 0 bridgehead atoms. The van der Waals surface area contributed by atoms with Crippen molar-refractivity contribution in [2.24, 2.45) is 0 Å². The first-order valence-corrected chi connectivity index (χ1v) is 8.31. The number of benzene rings is 1. The molecule has 0 spiro atoms. The highest BCUT2D eigenvalue weighted by molar-refractivity contribution is 5.85. The molecule has 1 fully saturated rings. The predicted octanol–water partition coefficient (Wildman–Crippen LogP) is 2.29. The summed E-state index contributed by atoms with van der Waals surface area (Å²) in [5.41, 5.74) is 0.807. The van der Waals surface area contributed by atoms with Crippen LogP contribution in [0, 0.1) is 12.7 Å². The van der Waals surface area contributed by atoms with E-state index in [0.29, 0.717) is 18.4 Å². The Labute approximate surface area is 141 Å². The van der Waals surface area contributed by atoms with Gasteiger partial charge in [-0.25, -0.2) is 4.39 Å². The highest BCUT2D eigenvalue weighted by atomic mass is 19.1. The van der Waals surface area contributed by atoms with Gasteiger partial charge in [0.25, 0.3) is 0 Å².